The van der Waals surface area contributed by atoms with Gasteiger partial charge >= 0.3 is 0 Å². The van der Waals surface area contributed by atoms with Gasteiger partial charge in [-0.1, -0.05) is 6.42 Å². The lowest BCUT2D eigenvalue weighted by Gasteiger charge is -2.32. The number of piperidine rings is 1. The molecule has 14 heavy (non-hydrogen) atoms. The lowest BCUT2D eigenvalue weighted by molar-refractivity contribution is -0.110. The molecular weight excluding hydrogens is 198 g/mol. The summed E-state index contributed by atoms with van der Waals surface area (Å²) in [6.45, 7) is 1.91. The number of carbonyl (C=O) groups is 1. The van der Waals surface area contributed by atoms with Crippen LogP contribution in [0.2, 0.25) is 0 Å². The van der Waals surface area contributed by atoms with E-state index in [2.05, 4.69) is 9.99 Å². The summed E-state index contributed by atoms with van der Waals surface area (Å²) >= 11 is 1.49. The molecule has 0 N–H and O–H groups in total. The SMILES string of the molecule is O=CN(c1nccs1)N1CCCCC1. The van der Waals surface area contributed by atoms with Crippen LogP contribution >= 0.6 is 11.3 Å². The van der Waals surface area contributed by atoms with Crippen molar-refractivity contribution in [3.8, 4) is 0 Å². The van der Waals surface area contributed by atoms with E-state index in [1.54, 1.807) is 11.2 Å². The first-order valence-corrected chi connectivity index (χ1v) is 5.68. The van der Waals surface area contributed by atoms with Gasteiger partial charge in [0.1, 0.15) is 0 Å². The van der Waals surface area contributed by atoms with Crippen LogP contribution in [0.3, 0.4) is 0 Å². The number of hydrogen-bond donors (Lipinski definition) is 0. The van der Waals surface area contributed by atoms with E-state index in [0.717, 1.165) is 37.5 Å². The topological polar surface area (TPSA) is 36.4 Å². The highest BCUT2D eigenvalue weighted by molar-refractivity contribution is 7.13. The molecule has 0 aromatic carbocycles. The van der Waals surface area contributed by atoms with E-state index < -0.39 is 0 Å². The molecule has 4 nitrogen and oxygen atoms in total. The lowest BCUT2D eigenvalue weighted by atomic mass is 10.2. The minimum absolute atomic E-state index is 0.766. The maximum Gasteiger partial charge on any atom is 0.230 e. The van der Waals surface area contributed by atoms with E-state index in [-0.39, 0.29) is 0 Å². The molecule has 0 atom stereocenters. The Balaban J connectivity index is 2.08. The van der Waals surface area contributed by atoms with Gasteiger partial charge in [0.05, 0.1) is 0 Å². The van der Waals surface area contributed by atoms with Crippen LogP contribution in [0.4, 0.5) is 5.13 Å². The first-order chi connectivity index (χ1) is 6.92. The molecule has 0 bridgehead atoms. The quantitative estimate of drug-likeness (QED) is 0.711. The molecule has 76 valence electrons. The smallest absolute Gasteiger partial charge is 0.230 e. The van der Waals surface area contributed by atoms with Gasteiger partial charge in [-0.25, -0.2) is 15.0 Å². The summed E-state index contributed by atoms with van der Waals surface area (Å²) in [6, 6.07) is 0. The molecule has 1 aromatic heterocycles. The lowest BCUT2D eigenvalue weighted by Crippen LogP contribution is -2.44. The van der Waals surface area contributed by atoms with E-state index in [1.807, 2.05) is 5.38 Å². The molecule has 1 amide bonds. The Morgan fingerprint density at radius 3 is 2.79 bits per heavy atom. The van der Waals surface area contributed by atoms with Gasteiger partial charge in [-0.15, -0.1) is 11.3 Å². The molecule has 2 rings (SSSR count). The monoisotopic (exact) mass is 211 g/mol. The third kappa shape index (κ3) is 1.93. The van der Waals surface area contributed by atoms with E-state index in [1.165, 1.54) is 17.8 Å². The number of anilines is 1. The van der Waals surface area contributed by atoms with Crippen LogP contribution in [0, 0.1) is 0 Å². The maximum absolute atomic E-state index is 11.0. The summed E-state index contributed by atoms with van der Waals surface area (Å²) in [7, 11) is 0. The second-order valence-electron chi connectivity index (χ2n) is 3.28. The Labute approximate surface area is 87.1 Å². The molecule has 0 spiro atoms. The molecule has 1 aromatic rings. The van der Waals surface area contributed by atoms with Crippen LogP contribution in [-0.4, -0.2) is 29.5 Å². The molecule has 2 heterocycles. The van der Waals surface area contributed by atoms with Crippen LogP contribution in [0.25, 0.3) is 0 Å². The maximum atomic E-state index is 11.0. The first-order valence-electron chi connectivity index (χ1n) is 4.80. The first kappa shape index (κ1) is 9.61. The standard InChI is InChI=1S/C9H13N3OS/c13-8-12(9-10-4-7-14-9)11-5-2-1-3-6-11/h4,7-8H,1-3,5-6H2. The predicted molar refractivity (Wildman–Crippen MR) is 56.1 cm³/mol. The van der Waals surface area contributed by atoms with E-state index in [9.17, 15) is 4.79 Å². The fraction of sp³-hybridized carbons (Fsp3) is 0.556. The van der Waals surface area contributed by atoms with E-state index in [0.29, 0.717) is 0 Å². The van der Waals surface area contributed by atoms with Crippen molar-refractivity contribution in [2.45, 2.75) is 19.3 Å². The highest BCUT2D eigenvalue weighted by atomic mass is 32.1. The Bertz CT molecular complexity index is 282. The minimum atomic E-state index is 0.766. The molecule has 0 unspecified atom stereocenters. The normalized spacial score (nSPS) is 18.0. The molecule has 0 aliphatic carbocycles. The summed E-state index contributed by atoms with van der Waals surface area (Å²) in [5.74, 6) is 0. The van der Waals surface area contributed by atoms with Crippen LogP contribution < -0.4 is 5.01 Å². The second-order valence-corrected chi connectivity index (χ2v) is 4.15. The zero-order valence-electron chi connectivity index (χ0n) is 7.93. The average Bonchev–Trinajstić information content (AvgIpc) is 2.74. The Morgan fingerprint density at radius 2 is 2.21 bits per heavy atom. The number of rotatable bonds is 3. The van der Waals surface area contributed by atoms with Crippen molar-refractivity contribution in [3.63, 3.8) is 0 Å². The second kappa shape index (κ2) is 4.52. The Morgan fingerprint density at radius 1 is 1.43 bits per heavy atom. The summed E-state index contributed by atoms with van der Waals surface area (Å²) < 4.78 is 0. The molecule has 0 radical (unpaired) electrons. The molecule has 5 heteroatoms. The molecule has 1 saturated heterocycles. The van der Waals surface area contributed by atoms with Gasteiger partial charge in [0.15, 0.2) is 0 Å². The van der Waals surface area contributed by atoms with Crippen LogP contribution in [0.15, 0.2) is 11.6 Å². The number of aromatic nitrogens is 1. The zero-order chi connectivity index (χ0) is 9.80. The third-order valence-electron chi connectivity index (χ3n) is 2.35. The van der Waals surface area contributed by atoms with E-state index >= 15 is 0 Å². The molecule has 1 aliphatic heterocycles. The van der Waals surface area contributed by atoms with Crippen molar-refractivity contribution in [2.24, 2.45) is 0 Å². The zero-order valence-corrected chi connectivity index (χ0v) is 8.74. The fourth-order valence-corrected chi connectivity index (χ4v) is 2.29. The minimum Gasteiger partial charge on any atom is -0.277 e. The van der Waals surface area contributed by atoms with Crippen molar-refractivity contribution in [3.05, 3.63) is 11.6 Å². The Hall–Kier alpha value is -0.940. The summed E-state index contributed by atoms with van der Waals surface area (Å²) in [5, 5.41) is 6.34. The van der Waals surface area contributed by atoms with Crippen molar-refractivity contribution < 1.29 is 4.79 Å². The van der Waals surface area contributed by atoms with Crippen LogP contribution in [-0.2, 0) is 4.79 Å². The summed E-state index contributed by atoms with van der Waals surface area (Å²) in [4.78, 5) is 15.1. The van der Waals surface area contributed by atoms with Gasteiger partial charge in [-0.3, -0.25) is 4.79 Å². The summed E-state index contributed by atoms with van der Waals surface area (Å²) in [5.41, 5.74) is 0. The number of nitrogens with zero attached hydrogens (tertiary/aromatic N) is 3. The van der Waals surface area contributed by atoms with Gasteiger partial charge in [0.25, 0.3) is 0 Å². The Kier molecular flexibility index (Phi) is 3.10. The van der Waals surface area contributed by atoms with E-state index in [4.69, 9.17) is 0 Å². The molecule has 1 aliphatic rings. The van der Waals surface area contributed by atoms with Crippen molar-refractivity contribution in [1.29, 1.82) is 0 Å². The van der Waals surface area contributed by atoms with Crippen molar-refractivity contribution in [1.82, 2.24) is 9.99 Å². The predicted octanol–water partition coefficient (Wildman–Crippen LogP) is 1.51. The number of hydrogen-bond acceptors (Lipinski definition) is 4. The molecule has 1 fully saturated rings. The highest BCUT2D eigenvalue weighted by Gasteiger charge is 2.19. The largest absolute Gasteiger partial charge is 0.277 e. The number of hydrazine groups is 1. The van der Waals surface area contributed by atoms with Crippen LogP contribution in [0.5, 0.6) is 0 Å². The van der Waals surface area contributed by atoms with Gasteiger partial charge in [0, 0.05) is 24.7 Å². The van der Waals surface area contributed by atoms with Gasteiger partial charge in [-0.05, 0) is 12.8 Å². The van der Waals surface area contributed by atoms with Gasteiger partial charge < -0.3 is 0 Å². The third-order valence-corrected chi connectivity index (χ3v) is 3.11. The average molecular weight is 211 g/mol. The van der Waals surface area contributed by atoms with Crippen molar-refractivity contribution >= 4 is 22.9 Å². The molecular formula is C9H13N3OS. The number of amides is 1. The van der Waals surface area contributed by atoms with Gasteiger partial charge in [-0.2, -0.15) is 0 Å². The van der Waals surface area contributed by atoms with Crippen LogP contribution in [0.1, 0.15) is 19.3 Å². The van der Waals surface area contributed by atoms with Gasteiger partial charge in [0.2, 0.25) is 11.5 Å². The molecule has 0 saturated carbocycles. The highest BCUT2D eigenvalue weighted by Crippen LogP contribution is 2.20. The fourth-order valence-electron chi connectivity index (χ4n) is 1.65. The van der Waals surface area contributed by atoms with Crippen molar-refractivity contribution in [2.75, 3.05) is 18.1 Å². The summed E-state index contributed by atoms with van der Waals surface area (Å²) in [6.07, 6.45) is 6.16. The number of carbonyl (C=O) groups excluding carboxylic acids is 1. The number of thiazole rings is 1.